The van der Waals surface area contributed by atoms with Crippen molar-refractivity contribution < 1.29 is 17.9 Å². The number of sulfone groups is 1. The van der Waals surface area contributed by atoms with Gasteiger partial charge in [-0.3, -0.25) is 14.2 Å². The molecule has 1 amide bonds. The second-order valence-corrected chi connectivity index (χ2v) is 10.6. The number of rotatable bonds is 6. The number of hydrogen-bond acceptors (Lipinski definition) is 7. The van der Waals surface area contributed by atoms with Gasteiger partial charge in [-0.05, 0) is 31.4 Å². The first-order chi connectivity index (χ1) is 13.9. The monoisotopic (exact) mass is 437 g/mol. The van der Waals surface area contributed by atoms with Crippen LogP contribution in [0.2, 0.25) is 0 Å². The van der Waals surface area contributed by atoms with Gasteiger partial charge < -0.3 is 10.1 Å². The molecular weight excluding hydrogens is 414 g/mol. The number of carbonyl (C=O) groups is 1. The van der Waals surface area contributed by atoms with Crippen LogP contribution < -0.4 is 10.9 Å². The zero-order chi connectivity index (χ0) is 20.4. The van der Waals surface area contributed by atoms with Gasteiger partial charge in [0, 0.05) is 12.6 Å². The molecule has 1 N–H and O–H groups in total. The lowest BCUT2D eigenvalue weighted by molar-refractivity contribution is -0.119. The Hall–Kier alpha value is -1.91. The van der Waals surface area contributed by atoms with Crippen LogP contribution in [0, 0.1) is 0 Å². The minimum atomic E-state index is -3.05. The lowest BCUT2D eigenvalue weighted by Gasteiger charge is -2.17. The third kappa shape index (κ3) is 4.81. The minimum absolute atomic E-state index is 0.0125. The van der Waals surface area contributed by atoms with Crippen molar-refractivity contribution in [3.63, 3.8) is 0 Å². The van der Waals surface area contributed by atoms with Crippen molar-refractivity contribution >= 4 is 38.4 Å². The summed E-state index contributed by atoms with van der Waals surface area (Å²) in [6, 6.07) is 6.81. The molecule has 156 valence electrons. The maximum atomic E-state index is 13.0. The Balaban J connectivity index is 1.52. The topological polar surface area (TPSA) is 107 Å². The maximum Gasteiger partial charge on any atom is 0.262 e. The number of nitrogens with one attached hydrogen (secondary N) is 1. The molecule has 4 rings (SSSR count). The molecule has 1 aromatic heterocycles. The zero-order valence-corrected chi connectivity index (χ0v) is 17.5. The largest absolute Gasteiger partial charge is 0.376 e. The number of aromatic nitrogens is 2. The van der Waals surface area contributed by atoms with Gasteiger partial charge in [0.25, 0.3) is 5.56 Å². The molecule has 8 nitrogen and oxygen atoms in total. The van der Waals surface area contributed by atoms with Gasteiger partial charge in [-0.15, -0.1) is 0 Å². The van der Waals surface area contributed by atoms with Crippen molar-refractivity contribution in [3.8, 4) is 0 Å². The Bertz CT molecular complexity index is 1080. The number of hydrogen-bond donors (Lipinski definition) is 1. The summed E-state index contributed by atoms with van der Waals surface area (Å²) in [5.74, 6) is -0.102. The Labute approximate surface area is 172 Å². The van der Waals surface area contributed by atoms with Gasteiger partial charge in [0.2, 0.25) is 5.91 Å². The van der Waals surface area contributed by atoms with Gasteiger partial charge in [0.05, 0.1) is 40.8 Å². The first-order valence-corrected chi connectivity index (χ1v) is 12.5. The van der Waals surface area contributed by atoms with E-state index in [1.54, 1.807) is 22.8 Å². The first kappa shape index (κ1) is 20.4. The number of carbonyl (C=O) groups excluding carboxylic acids is 1. The van der Waals surface area contributed by atoms with E-state index in [1.807, 2.05) is 6.07 Å². The van der Waals surface area contributed by atoms with Gasteiger partial charge in [0.15, 0.2) is 15.0 Å². The number of fused-ring (bicyclic) bond motifs is 1. The summed E-state index contributed by atoms with van der Waals surface area (Å²) in [5, 5.41) is 3.78. The lowest BCUT2D eigenvalue weighted by atomic mass is 10.2. The van der Waals surface area contributed by atoms with Crippen LogP contribution in [0.1, 0.15) is 19.3 Å². The fourth-order valence-electron chi connectivity index (χ4n) is 3.72. The van der Waals surface area contributed by atoms with E-state index in [9.17, 15) is 18.0 Å². The van der Waals surface area contributed by atoms with Crippen molar-refractivity contribution in [2.75, 3.05) is 23.9 Å². The normalized spacial score (nSPS) is 23.4. The van der Waals surface area contributed by atoms with E-state index in [1.165, 1.54) is 11.8 Å². The molecule has 2 aliphatic heterocycles. The van der Waals surface area contributed by atoms with Crippen LogP contribution in [0.15, 0.2) is 34.2 Å². The molecule has 0 bridgehead atoms. The molecule has 3 heterocycles. The van der Waals surface area contributed by atoms with Crippen LogP contribution in [-0.4, -0.2) is 59.9 Å². The van der Waals surface area contributed by atoms with Gasteiger partial charge in [-0.1, -0.05) is 23.9 Å². The highest BCUT2D eigenvalue weighted by atomic mass is 32.2. The predicted molar refractivity (Wildman–Crippen MR) is 111 cm³/mol. The second kappa shape index (κ2) is 8.45. The second-order valence-electron chi connectivity index (χ2n) is 7.42. The van der Waals surface area contributed by atoms with Crippen LogP contribution in [0.5, 0.6) is 0 Å². The average Bonchev–Trinajstić information content (AvgIpc) is 3.32. The van der Waals surface area contributed by atoms with Crippen LogP contribution in [-0.2, 0) is 25.9 Å². The molecule has 2 fully saturated rings. The third-order valence-corrected chi connectivity index (χ3v) is 7.91. The molecule has 2 aliphatic rings. The molecule has 10 heteroatoms. The lowest BCUT2D eigenvalue weighted by Crippen LogP contribution is -2.37. The molecule has 1 aromatic carbocycles. The summed E-state index contributed by atoms with van der Waals surface area (Å²) in [6.07, 6.45) is 2.26. The first-order valence-electron chi connectivity index (χ1n) is 9.65. The van der Waals surface area contributed by atoms with E-state index in [4.69, 9.17) is 4.74 Å². The molecule has 2 aromatic rings. The van der Waals surface area contributed by atoms with Crippen molar-refractivity contribution in [1.82, 2.24) is 14.9 Å². The van der Waals surface area contributed by atoms with Crippen LogP contribution in [0.25, 0.3) is 10.9 Å². The third-order valence-electron chi connectivity index (χ3n) is 5.17. The van der Waals surface area contributed by atoms with Gasteiger partial charge >= 0.3 is 0 Å². The molecule has 2 atom stereocenters. The number of amides is 1. The summed E-state index contributed by atoms with van der Waals surface area (Å²) in [6.45, 7) is 1.09. The van der Waals surface area contributed by atoms with Gasteiger partial charge in [-0.2, -0.15) is 0 Å². The van der Waals surface area contributed by atoms with E-state index in [-0.39, 0.29) is 40.9 Å². The molecule has 0 spiro atoms. The van der Waals surface area contributed by atoms with Crippen molar-refractivity contribution in [2.45, 2.75) is 43.1 Å². The minimum Gasteiger partial charge on any atom is -0.376 e. The number of thioether (sulfide) groups is 1. The Morgan fingerprint density at radius 2 is 2.14 bits per heavy atom. The summed E-state index contributed by atoms with van der Waals surface area (Å²) in [7, 11) is -3.05. The highest BCUT2D eigenvalue weighted by molar-refractivity contribution is 7.99. The number of benzene rings is 1. The van der Waals surface area contributed by atoms with Crippen molar-refractivity contribution in [1.29, 1.82) is 0 Å². The number of ether oxygens (including phenoxy) is 1. The van der Waals surface area contributed by atoms with Crippen LogP contribution in [0.3, 0.4) is 0 Å². The summed E-state index contributed by atoms with van der Waals surface area (Å²) < 4.78 is 30.4. The Morgan fingerprint density at radius 3 is 2.86 bits per heavy atom. The summed E-state index contributed by atoms with van der Waals surface area (Å²) in [5.41, 5.74) is 0.446. The van der Waals surface area contributed by atoms with Gasteiger partial charge in [-0.25, -0.2) is 13.4 Å². The quantitative estimate of drug-likeness (QED) is 0.530. The maximum absolute atomic E-state index is 13.0. The fraction of sp³-hybridized carbons (Fsp3) is 0.526. The Morgan fingerprint density at radius 1 is 1.31 bits per heavy atom. The van der Waals surface area contributed by atoms with Gasteiger partial charge in [0.1, 0.15) is 0 Å². The fourth-order valence-corrected chi connectivity index (χ4v) is 6.21. The molecule has 0 saturated carbocycles. The zero-order valence-electron chi connectivity index (χ0n) is 15.9. The highest BCUT2D eigenvalue weighted by Crippen LogP contribution is 2.21. The standard InChI is InChI=1S/C19H23N3O5S2/c23-17(20-13-7-9-29(25,26)12-13)11-28-19-21-16-6-2-1-5-15(16)18(24)22(19)10-14-4-3-8-27-14/h1-2,5-6,13-14H,3-4,7-12H2,(H,20,23)/t13-,14-/m0/s1. The SMILES string of the molecule is O=C(CSc1nc2ccccc2c(=O)n1C[C@@H]1CCCO1)N[C@H]1CCS(=O)(=O)C1. The smallest absolute Gasteiger partial charge is 0.262 e. The summed E-state index contributed by atoms with van der Waals surface area (Å²) >= 11 is 1.19. The average molecular weight is 438 g/mol. The molecule has 0 aliphatic carbocycles. The molecular formula is C19H23N3O5S2. The van der Waals surface area contributed by atoms with E-state index < -0.39 is 9.84 Å². The van der Waals surface area contributed by atoms with Crippen molar-refractivity contribution in [2.24, 2.45) is 0 Å². The number of para-hydroxylation sites is 1. The van der Waals surface area contributed by atoms with E-state index in [0.29, 0.717) is 35.6 Å². The number of nitrogens with zero attached hydrogens (tertiary/aromatic N) is 2. The van der Waals surface area contributed by atoms with E-state index in [2.05, 4.69) is 10.3 Å². The van der Waals surface area contributed by atoms with Crippen LogP contribution >= 0.6 is 11.8 Å². The Kier molecular flexibility index (Phi) is 5.93. The predicted octanol–water partition coefficient (Wildman–Crippen LogP) is 0.971. The molecule has 29 heavy (non-hydrogen) atoms. The van der Waals surface area contributed by atoms with Crippen LogP contribution in [0.4, 0.5) is 0 Å². The summed E-state index contributed by atoms with van der Waals surface area (Å²) in [4.78, 5) is 29.9. The molecule has 0 unspecified atom stereocenters. The molecule has 0 radical (unpaired) electrons. The van der Waals surface area contributed by atoms with E-state index >= 15 is 0 Å². The highest BCUT2D eigenvalue weighted by Gasteiger charge is 2.29. The van der Waals surface area contributed by atoms with E-state index in [0.717, 1.165) is 12.8 Å². The molecule has 2 saturated heterocycles. The van der Waals surface area contributed by atoms with Crippen molar-refractivity contribution in [3.05, 3.63) is 34.6 Å².